The number of hydrogen-bond acceptors (Lipinski definition) is 4. The van der Waals surface area contributed by atoms with Crippen molar-refractivity contribution in [1.29, 1.82) is 0 Å². The zero-order valence-corrected chi connectivity index (χ0v) is 12.7. The molecule has 0 aliphatic carbocycles. The first-order valence-corrected chi connectivity index (χ1v) is 8.19. The second kappa shape index (κ2) is 6.21. The summed E-state index contributed by atoms with van der Waals surface area (Å²) in [5.41, 5.74) is -2.56. The number of hydrogen-bond donors (Lipinski definition) is 0. The molecular formula is C12H15BrF3NO3S. The Morgan fingerprint density at radius 2 is 2.10 bits per heavy atom. The number of alkyl halides is 3. The fourth-order valence-corrected chi connectivity index (χ4v) is 4.07. The Hall–Kier alpha value is -0.670. The molecule has 4 nitrogen and oxygen atoms in total. The molecule has 2 heterocycles. The van der Waals surface area contributed by atoms with Crippen LogP contribution >= 0.6 is 15.9 Å². The van der Waals surface area contributed by atoms with Crippen LogP contribution in [0.25, 0.3) is 0 Å². The average molecular weight is 390 g/mol. The molecule has 2 unspecified atom stereocenters. The van der Waals surface area contributed by atoms with Gasteiger partial charge in [-0.05, 0) is 22.0 Å². The standard InChI is InChI=1S/C11H11BrF3NO3S.CH4/c1-6(10-19-2-3-20(10,17)18)9-8(11(13,14)15)4-7(12)5-16-9;/h4-6,10H,2-3H2,1H3;1H4. The number of aromatic nitrogens is 1. The Morgan fingerprint density at radius 3 is 2.57 bits per heavy atom. The van der Waals surface area contributed by atoms with Gasteiger partial charge in [-0.25, -0.2) is 8.42 Å². The third kappa shape index (κ3) is 3.75. The second-order valence-electron chi connectivity index (χ2n) is 4.48. The average Bonchev–Trinajstić information content (AvgIpc) is 2.67. The maximum atomic E-state index is 13.0. The van der Waals surface area contributed by atoms with E-state index in [0.717, 1.165) is 6.07 Å². The lowest BCUT2D eigenvalue weighted by molar-refractivity contribution is -0.138. The van der Waals surface area contributed by atoms with Gasteiger partial charge in [-0.3, -0.25) is 4.98 Å². The Labute approximate surface area is 129 Å². The van der Waals surface area contributed by atoms with Crippen molar-refractivity contribution in [3.63, 3.8) is 0 Å². The molecule has 0 N–H and O–H groups in total. The summed E-state index contributed by atoms with van der Waals surface area (Å²) in [5.74, 6) is -1.17. The molecule has 0 spiro atoms. The number of halogens is 4. The first-order chi connectivity index (χ1) is 9.13. The van der Waals surface area contributed by atoms with Crippen LogP contribution in [0.2, 0.25) is 0 Å². The van der Waals surface area contributed by atoms with E-state index in [0.29, 0.717) is 0 Å². The lowest BCUT2D eigenvalue weighted by Crippen LogP contribution is -2.26. The van der Waals surface area contributed by atoms with Crippen molar-refractivity contribution in [2.45, 2.75) is 31.9 Å². The van der Waals surface area contributed by atoms with E-state index in [2.05, 4.69) is 20.9 Å². The van der Waals surface area contributed by atoms with Crippen LogP contribution in [-0.4, -0.2) is 31.2 Å². The van der Waals surface area contributed by atoms with Gasteiger partial charge in [-0.2, -0.15) is 13.2 Å². The van der Waals surface area contributed by atoms with Crippen molar-refractivity contribution in [2.75, 3.05) is 12.4 Å². The summed E-state index contributed by atoms with van der Waals surface area (Å²) in [4.78, 5) is 3.74. The third-order valence-corrected chi connectivity index (χ3v) is 5.46. The molecule has 0 saturated carbocycles. The highest BCUT2D eigenvalue weighted by Crippen LogP contribution is 2.38. The Balaban J connectivity index is 0.00000220. The number of pyridine rings is 1. The van der Waals surface area contributed by atoms with E-state index in [1.54, 1.807) is 0 Å². The van der Waals surface area contributed by atoms with Crippen molar-refractivity contribution in [2.24, 2.45) is 0 Å². The van der Waals surface area contributed by atoms with Gasteiger partial charge >= 0.3 is 6.18 Å². The zero-order valence-electron chi connectivity index (χ0n) is 10.3. The monoisotopic (exact) mass is 389 g/mol. The van der Waals surface area contributed by atoms with E-state index in [9.17, 15) is 21.6 Å². The molecule has 1 aliphatic heterocycles. The lowest BCUT2D eigenvalue weighted by atomic mass is 10.0. The van der Waals surface area contributed by atoms with E-state index in [-0.39, 0.29) is 30.0 Å². The van der Waals surface area contributed by atoms with Gasteiger partial charge in [0.2, 0.25) is 0 Å². The van der Waals surface area contributed by atoms with E-state index in [4.69, 9.17) is 4.74 Å². The van der Waals surface area contributed by atoms with E-state index in [1.807, 2.05) is 0 Å². The van der Waals surface area contributed by atoms with Gasteiger partial charge in [-0.1, -0.05) is 14.4 Å². The van der Waals surface area contributed by atoms with Crippen LogP contribution in [-0.2, 0) is 20.8 Å². The summed E-state index contributed by atoms with van der Waals surface area (Å²) in [6, 6.07) is 0.889. The van der Waals surface area contributed by atoms with Crippen LogP contribution in [0.1, 0.15) is 31.5 Å². The molecule has 1 aromatic rings. The van der Waals surface area contributed by atoms with Gasteiger partial charge in [0.25, 0.3) is 0 Å². The lowest BCUT2D eigenvalue weighted by Gasteiger charge is -2.21. The van der Waals surface area contributed by atoms with Crippen molar-refractivity contribution < 1.29 is 26.3 Å². The molecule has 1 aromatic heterocycles. The van der Waals surface area contributed by atoms with Crippen LogP contribution in [0.15, 0.2) is 16.7 Å². The van der Waals surface area contributed by atoms with Gasteiger partial charge in [0.15, 0.2) is 15.3 Å². The minimum absolute atomic E-state index is 0. The summed E-state index contributed by atoms with van der Waals surface area (Å²) in [5, 5.41) is 0. The molecule has 1 fully saturated rings. The normalized spacial score (nSPS) is 22.6. The molecule has 21 heavy (non-hydrogen) atoms. The SMILES string of the molecule is C.CC(c1ncc(Br)cc1C(F)(F)F)C1OCCS1(=O)=O. The predicted octanol–water partition coefficient (Wildman–Crippen LogP) is 3.37. The number of sulfone groups is 1. The highest BCUT2D eigenvalue weighted by molar-refractivity contribution is 9.10. The van der Waals surface area contributed by atoms with Crippen LogP contribution in [0.4, 0.5) is 13.2 Å². The summed E-state index contributed by atoms with van der Waals surface area (Å²) < 4.78 is 67.8. The highest BCUT2D eigenvalue weighted by Gasteiger charge is 2.42. The molecule has 2 rings (SSSR count). The zero-order chi connectivity index (χ0) is 15.1. The van der Waals surface area contributed by atoms with E-state index in [1.165, 1.54) is 13.1 Å². The molecule has 0 radical (unpaired) electrons. The van der Waals surface area contributed by atoms with Crippen molar-refractivity contribution >= 4 is 25.8 Å². The molecule has 1 aliphatic rings. The minimum Gasteiger partial charge on any atom is -0.361 e. The Kier molecular flexibility index (Phi) is 5.44. The van der Waals surface area contributed by atoms with Crippen LogP contribution in [0.5, 0.6) is 0 Å². The van der Waals surface area contributed by atoms with E-state index < -0.39 is 32.9 Å². The molecule has 0 amide bonds. The molecule has 120 valence electrons. The van der Waals surface area contributed by atoms with Crippen molar-refractivity contribution in [3.8, 4) is 0 Å². The predicted molar refractivity (Wildman–Crippen MR) is 75.6 cm³/mol. The topological polar surface area (TPSA) is 56.3 Å². The summed E-state index contributed by atoms with van der Waals surface area (Å²) in [6.07, 6.45) is -3.40. The van der Waals surface area contributed by atoms with Gasteiger partial charge in [0.05, 0.1) is 23.6 Å². The fourth-order valence-electron chi connectivity index (χ4n) is 2.12. The molecule has 0 aromatic carbocycles. The summed E-state index contributed by atoms with van der Waals surface area (Å²) >= 11 is 2.93. The number of nitrogens with zero attached hydrogens (tertiary/aromatic N) is 1. The summed E-state index contributed by atoms with van der Waals surface area (Å²) in [7, 11) is -3.55. The smallest absolute Gasteiger partial charge is 0.361 e. The van der Waals surface area contributed by atoms with Crippen molar-refractivity contribution in [1.82, 2.24) is 4.98 Å². The minimum atomic E-state index is -4.61. The number of ether oxygens (including phenoxy) is 1. The summed E-state index contributed by atoms with van der Waals surface area (Å²) in [6.45, 7) is 1.37. The third-order valence-electron chi connectivity index (χ3n) is 3.03. The Bertz CT molecular complexity index is 619. The molecule has 0 bridgehead atoms. The largest absolute Gasteiger partial charge is 0.418 e. The molecule has 2 atom stereocenters. The second-order valence-corrected chi connectivity index (χ2v) is 7.59. The van der Waals surface area contributed by atoms with Gasteiger partial charge in [0, 0.05) is 16.6 Å². The van der Waals surface area contributed by atoms with E-state index >= 15 is 0 Å². The maximum absolute atomic E-state index is 13.0. The van der Waals surface area contributed by atoms with Crippen LogP contribution in [0, 0.1) is 0 Å². The quantitative estimate of drug-likeness (QED) is 0.777. The van der Waals surface area contributed by atoms with Gasteiger partial charge in [-0.15, -0.1) is 0 Å². The first kappa shape index (κ1) is 18.4. The maximum Gasteiger partial charge on any atom is 0.418 e. The number of rotatable bonds is 2. The van der Waals surface area contributed by atoms with Gasteiger partial charge in [0.1, 0.15) is 0 Å². The highest BCUT2D eigenvalue weighted by atomic mass is 79.9. The molecule has 9 heteroatoms. The van der Waals surface area contributed by atoms with Gasteiger partial charge < -0.3 is 4.74 Å². The van der Waals surface area contributed by atoms with Crippen molar-refractivity contribution in [3.05, 3.63) is 28.0 Å². The first-order valence-electron chi connectivity index (χ1n) is 5.69. The molecule has 1 saturated heterocycles. The fraction of sp³-hybridized carbons (Fsp3) is 0.583. The van der Waals surface area contributed by atoms with Crippen LogP contribution < -0.4 is 0 Å². The Morgan fingerprint density at radius 1 is 1.48 bits per heavy atom. The van der Waals surface area contributed by atoms with Crippen LogP contribution in [0.3, 0.4) is 0 Å². The molecular weight excluding hydrogens is 375 g/mol.